The van der Waals surface area contributed by atoms with Crippen LogP contribution in [0.4, 0.5) is 4.39 Å². The maximum absolute atomic E-state index is 14.0. The number of rotatable bonds is 6. The van der Waals surface area contributed by atoms with Gasteiger partial charge in [0, 0.05) is 16.7 Å². The molecule has 0 amide bonds. The number of hydrogen-bond acceptors (Lipinski definition) is 2. The zero-order chi connectivity index (χ0) is 14.5. The highest BCUT2D eigenvalue weighted by molar-refractivity contribution is 6.02. The van der Waals surface area contributed by atoms with Crippen molar-refractivity contribution in [1.82, 2.24) is 0 Å². The molecule has 20 heavy (non-hydrogen) atoms. The Balaban J connectivity index is 2.18. The summed E-state index contributed by atoms with van der Waals surface area (Å²) in [5, 5.41) is 0. The van der Waals surface area contributed by atoms with Crippen LogP contribution < -0.4 is 0 Å². The van der Waals surface area contributed by atoms with Gasteiger partial charge < -0.3 is 4.74 Å². The largest absolute Gasteiger partial charge is 0.454 e. The lowest BCUT2D eigenvalue weighted by molar-refractivity contribution is -0.139. The number of hydrogen-bond donors (Lipinski definition) is 0. The van der Waals surface area contributed by atoms with Crippen molar-refractivity contribution in [2.45, 2.75) is 52.1 Å². The highest BCUT2D eigenvalue weighted by Gasteiger charge is 2.32. The first kappa shape index (κ1) is 14.8. The van der Waals surface area contributed by atoms with Crippen LogP contribution in [-0.2, 0) is 9.53 Å². The standard InChI is InChI=1S/C17H21FO2/c1-3-4-5-6-11-15-16(12(2)17(19)20-15)13-9-7-8-10-14(13)18/h7-10,15H,3-6,11H2,1-2H3. The summed E-state index contributed by atoms with van der Waals surface area (Å²) in [7, 11) is 0. The van der Waals surface area contributed by atoms with E-state index >= 15 is 0 Å². The van der Waals surface area contributed by atoms with E-state index in [1.54, 1.807) is 25.1 Å². The minimum atomic E-state index is -0.316. The summed E-state index contributed by atoms with van der Waals surface area (Å²) in [4.78, 5) is 11.8. The third-order valence-corrected chi connectivity index (χ3v) is 3.77. The van der Waals surface area contributed by atoms with Crippen molar-refractivity contribution in [2.75, 3.05) is 0 Å². The maximum atomic E-state index is 14.0. The van der Waals surface area contributed by atoms with Gasteiger partial charge in [0.1, 0.15) is 11.9 Å². The molecule has 1 atom stereocenters. The Labute approximate surface area is 119 Å². The van der Waals surface area contributed by atoms with E-state index in [1.807, 2.05) is 0 Å². The molecule has 0 fully saturated rings. The minimum absolute atomic E-state index is 0.293. The number of carbonyl (C=O) groups excluding carboxylic acids is 1. The summed E-state index contributed by atoms with van der Waals surface area (Å²) < 4.78 is 19.4. The molecule has 1 unspecified atom stereocenters. The summed E-state index contributed by atoms with van der Waals surface area (Å²) in [6.07, 6.45) is 4.94. The van der Waals surface area contributed by atoms with Gasteiger partial charge in [-0.05, 0) is 25.8 Å². The number of benzene rings is 1. The second-order valence-corrected chi connectivity index (χ2v) is 5.26. The molecule has 1 aromatic rings. The lowest BCUT2D eigenvalue weighted by atomic mass is 9.94. The normalized spacial score (nSPS) is 18.6. The van der Waals surface area contributed by atoms with Gasteiger partial charge >= 0.3 is 5.97 Å². The average Bonchev–Trinajstić information content (AvgIpc) is 2.71. The Morgan fingerprint density at radius 2 is 1.95 bits per heavy atom. The van der Waals surface area contributed by atoms with Crippen molar-refractivity contribution in [3.8, 4) is 0 Å². The molecule has 0 saturated heterocycles. The second-order valence-electron chi connectivity index (χ2n) is 5.26. The first-order valence-electron chi connectivity index (χ1n) is 7.31. The molecule has 0 aliphatic carbocycles. The summed E-state index contributed by atoms with van der Waals surface area (Å²) in [6.45, 7) is 3.88. The van der Waals surface area contributed by atoms with Crippen LogP contribution in [-0.4, -0.2) is 12.1 Å². The van der Waals surface area contributed by atoms with Crippen LogP contribution in [0.25, 0.3) is 5.57 Å². The summed E-state index contributed by atoms with van der Waals surface area (Å²) in [5.41, 5.74) is 1.76. The van der Waals surface area contributed by atoms with E-state index in [4.69, 9.17) is 4.74 Å². The number of halogens is 1. The zero-order valence-electron chi connectivity index (χ0n) is 12.1. The third kappa shape index (κ3) is 3.09. The molecule has 0 radical (unpaired) electrons. The molecular formula is C17H21FO2. The van der Waals surface area contributed by atoms with Crippen molar-refractivity contribution in [2.24, 2.45) is 0 Å². The molecule has 108 valence electrons. The Morgan fingerprint density at radius 1 is 1.20 bits per heavy atom. The topological polar surface area (TPSA) is 26.3 Å². The average molecular weight is 276 g/mol. The molecule has 3 heteroatoms. The van der Waals surface area contributed by atoms with Gasteiger partial charge in [-0.25, -0.2) is 9.18 Å². The van der Waals surface area contributed by atoms with Crippen LogP contribution in [0.5, 0.6) is 0 Å². The molecule has 0 bridgehead atoms. The van der Waals surface area contributed by atoms with Gasteiger partial charge in [-0.3, -0.25) is 0 Å². The van der Waals surface area contributed by atoms with E-state index < -0.39 is 0 Å². The minimum Gasteiger partial charge on any atom is -0.454 e. The van der Waals surface area contributed by atoms with Crippen LogP contribution in [0.15, 0.2) is 29.8 Å². The lowest BCUT2D eigenvalue weighted by Gasteiger charge is -2.15. The van der Waals surface area contributed by atoms with Gasteiger partial charge in [-0.1, -0.05) is 44.4 Å². The van der Waals surface area contributed by atoms with Crippen LogP contribution in [0.1, 0.15) is 51.5 Å². The molecule has 2 nitrogen and oxygen atoms in total. The third-order valence-electron chi connectivity index (χ3n) is 3.77. The van der Waals surface area contributed by atoms with E-state index in [1.165, 1.54) is 18.9 Å². The highest BCUT2D eigenvalue weighted by atomic mass is 19.1. The molecular weight excluding hydrogens is 255 g/mol. The van der Waals surface area contributed by atoms with E-state index in [-0.39, 0.29) is 17.9 Å². The quantitative estimate of drug-likeness (QED) is 0.565. The monoisotopic (exact) mass is 276 g/mol. The molecule has 2 rings (SSSR count). The van der Waals surface area contributed by atoms with E-state index in [0.717, 1.165) is 24.8 Å². The van der Waals surface area contributed by atoms with Crippen LogP contribution >= 0.6 is 0 Å². The van der Waals surface area contributed by atoms with Gasteiger partial charge in [0.05, 0.1) is 0 Å². The fraction of sp³-hybridized carbons (Fsp3) is 0.471. The second kappa shape index (κ2) is 6.69. The van der Waals surface area contributed by atoms with Gasteiger partial charge in [-0.15, -0.1) is 0 Å². The first-order chi connectivity index (χ1) is 9.65. The number of cyclic esters (lactones) is 1. The predicted molar refractivity (Wildman–Crippen MR) is 77.6 cm³/mol. The number of carbonyl (C=O) groups is 1. The van der Waals surface area contributed by atoms with Crippen molar-refractivity contribution >= 4 is 11.5 Å². The van der Waals surface area contributed by atoms with Crippen molar-refractivity contribution in [3.63, 3.8) is 0 Å². The fourth-order valence-corrected chi connectivity index (χ4v) is 2.64. The summed E-state index contributed by atoms with van der Waals surface area (Å²) in [5.74, 6) is -0.609. The van der Waals surface area contributed by atoms with Gasteiger partial charge in [0.2, 0.25) is 0 Å². The Hall–Kier alpha value is -1.64. The lowest BCUT2D eigenvalue weighted by Crippen LogP contribution is -2.11. The molecule has 0 N–H and O–H groups in total. The maximum Gasteiger partial charge on any atom is 0.334 e. The molecule has 0 saturated carbocycles. The highest BCUT2D eigenvalue weighted by Crippen LogP contribution is 2.35. The molecule has 0 aromatic heterocycles. The van der Waals surface area contributed by atoms with Crippen molar-refractivity contribution in [1.29, 1.82) is 0 Å². The van der Waals surface area contributed by atoms with Gasteiger partial charge in [0.25, 0.3) is 0 Å². The first-order valence-corrected chi connectivity index (χ1v) is 7.31. The number of unbranched alkanes of at least 4 members (excludes halogenated alkanes) is 3. The van der Waals surface area contributed by atoms with Crippen molar-refractivity contribution in [3.05, 3.63) is 41.2 Å². The number of esters is 1. The molecule has 1 aliphatic rings. The smallest absolute Gasteiger partial charge is 0.334 e. The van der Waals surface area contributed by atoms with E-state index in [2.05, 4.69) is 6.92 Å². The fourth-order valence-electron chi connectivity index (χ4n) is 2.64. The zero-order valence-corrected chi connectivity index (χ0v) is 12.1. The molecule has 1 aliphatic heterocycles. The van der Waals surface area contributed by atoms with Crippen molar-refractivity contribution < 1.29 is 13.9 Å². The van der Waals surface area contributed by atoms with Gasteiger partial charge in [0.15, 0.2) is 0 Å². The van der Waals surface area contributed by atoms with E-state index in [0.29, 0.717) is 11.1 Å². The summed E-state index contributed by atoms with van der Waals surface area (Å²) >= 11 is 0. The SMILES string of the molecule is CCCCCCC1OC(=O)C(C)=C1c1ccccc1F. The summed E-state index contributed by atoms with van der Waals surface area (Å²) in [6, 6.07) is 6.58. The Morgan fingerprint density at radius 3 is 2.65 bits per heavy atom. The Bertz CT molecular complexity index is 519. The van der Waals surface area contributed by atoms with Crippen LogP contribution in [0.3, 0.4) is 0 Å². The van der Waals surface area contributed by atoms with Crippen LogP contribution in [0, 0.1) is 5.82 Å². The van der Waals surface area contributed by atoms with Gasteiger partial charge in [-0.2, -0.15) is 0 Å². The molecule has 1 aromatic carbocycles. The van der Waals surface area contributed by atoms with E-state index in [9.17, 15) is 9.18 Å². The van der Waals surface area contributed by atoms with Crippen LogP contribution in [0.2, 0.25) is 0 Å². The Kier molecular flexibility index (Phi) is 4.94. The number of ether oxygens (including phenoxy) is 1. The molecule has 1 heterocycles. The molecule has 0 spiro atoms. The predicted octanol–water partition coefficient (Wildman–Crippen LogP) is 4.50.